The molecule has 1 unspecified atom stereocenters. The summed E-state index contributed by atoms with van der Waals surface area (Å²) in [5, 5.41) is 1.67. The minimum atomic E-state index is -0.268. The summed E-state index contributed by atoms with van der Waals surface area (Å²) < 4.78 is 11.1. The predicted molar refractivity (Wildman–Crippen MR) is 73.9 cm³/mol. The largest absolute Gasteiger partial charge is 0.459 e. The lowest BCUT2D eigenvalue weighted by atomic mass is 9.98. The van der Waals surface area contributed by atoms with Gasteiger partial charge in [0.25, 0.3) is 0 Å². The Morgan fingerprint density at radius 1 is 1.39 bits per heavy atom. The second-order valence-electron chi connectivity index (χ2n) is 5.11. The van der Waals surface area contributed by atoms with E-state index in [2.05, 4.69) is 0 Å². The van der Waals surface area contributed by atoms with Crippen LogP contribution in [0.4, 0.5) is 0 Å². The highest BCUT2D eigenvalue weighted by Crippen LogP contribution is 2.29. The number of methoxy groups -OCH3 is 1. The molecule has 1 aromatic carbocycles. The molecule has 0 saturated heterocycles. The molecule has 0 bridgehead atoms. The second kappa shape index (κ2) is 4.92. The van der Waals surface area contributed by atoms with Crippen LogP contribution in [0.5, 0.6) is 0 Å². The van der Waals surface area contributed by atoms with Crippen LogP contribution >= 0.6 is 11.6 Å². The monoisotopic (exact) mass is 267 g/mol. The van der Waals surface area contributed by atoms with Crippen molar-refractivity contribution in [1.29, 1.82) is 0 Å². The summed E-state index contributed by atoms with van der Waals surface area (Å²) in [4.78, 5) is 0. The first-order chi connectivity index (χ1) is 8.41. The minimum absolute atomic E-state index is 0.189. The van der Waals surface area contributed by atoms with E-state index in [1.807, 2.05) is 38.1 Å². The summed E-state index contributed by atoms with van der Waals surface area (Å²) in [7, 11) is 1.69. The summed E-state index contributed by atoms with van der Waals surface area (Å²) in [6.45, 7) is 4.01. The average Bonchev–Trinajstić information content (AvgIpc) is 2.71. The van der Waals surface area contributed by atoms with Gasteiger partial charge in [0.1, 0.15) is 11.3 Å². The van der Waals surface area contributed by atoms with Gasteiger partial charge in [-0.2, -0.15) is 0 Å². The molecule has 3 nitrogen and oxygen atoms in total. The molecule has 1 heterocycles. The van der Waals surface area contributed by atoms with Crippen molar-refractivity contribution in [2.75, 3.05) is 7.11 Å². The zero-order valence-electron chi connectivity index (χ0n) is 10.9. The molecule has 1 aromatic heterocycles. The van der Waals surface area contributed by atoms with Gasteiger partial charge in [0.2, 0.25) is 0 Å². The zero-order chi connectivity index (χ0) is 13.3. The van der Waals surface area contributed by atoms with Gasteiger partial charge in [-0.3, -0.25) is 0 Å². The minimum Gasteiger partial charge on any atom is -0.459 e. The molecule has 2 rings (SSSR count). The van der Waals surface area contributed by atoms with Crippen LogP contribution in [0.2, 0.25) is 5.02 Å². The van der Waals surface area contributed by atoms with Gasteiger partial charge in [-0.15, -0.1) is 0 Å². The lowest BCUT2D eigenvalue weighted by Crippen LogP contribution is -2.28. The molecule has 0 amide bonds. The van der Waals surface area contributed by atoms with Crippen molar-refractivity contribution in [3.05, 3.63) is 35.0 Å². The molecule has 4 heteroatoms. The van der Waals surface area contributed by atoms with Gasteiger partial charge in [-0.05, 0) is 44.5 Å². The van der Waals surface area contributed by atoms with Gasteiger partial charge >= 0.3 is 0 Å². The Morgan fingerprint density at radius 2 is 2.11 bits per heavy atom. The van der Waals surface area contributed by atoms with Crippen molar-refractivity contribution in [2.24, 2.45) is 5.73 Å². The van der Waals surface area contributed by atoms with Gasteiger partial charge in [0, 0.05) is 17.5 Å². The Labute approximate surface area is 112 Å². The van der Waals surface area contributed by atoms with E-state index in [4.69, 9.17) is 26.5 Å². The molecular formula is C14H18ClNO2. The first kappa shape index (κ1) is 13.4. The molecule has 2 aromatic rings. The lowest BCUT2D eigenvalue weighted by molar-refractivity contribution is 0.00854. The molecule has 18 heavy (non-hydrogen) atoms. The summed E-state index contributed by atoms with van der Waals surface area (Å²) in [6, 6.07) is 7.29. The number of rotatable bonds is 4. The van der Waals surface area contributed by atoms with Crippen LogP contribution in [-0.2, 0) is 4.74 Å². The highest BCUT2D eigenvalue weighted by molar-refractivity contribution is 6.31. The van der Waals surface area contributed by atoms with Crippen LogP contribution in [0, 0.1) is 0 Å². The predicted octanol–water partition coefficient (Wildman–Crippen LogP) is 3.90. The number of furan rings is 1. The Bertz CT molecular complexity index is 548. The average molecular weight is 268 g/mol. The molecule has 0 fully saturated rings. The third kappa shape index (κ3) is 2.86. The SMILES string of the molecule is COC(C)(C)CC(N)c1cc2cc(Cl)ccc2o1. The first-order valence-corrected chi connectivity index (χ1v) is 6.29. The maximum atomic E-state index is 6.15. The molecule has 0 spiro atoms. The van der Waals surface area contributed by atoms with Gasteiger partial charge in [0.05, 0.1) is 11.6 Å². The van der Waals surface area contributed by atoms with Gasteiger partial charge in [0.15, 0.2) is 0 Å². The summed E-state index contributed by atoms with van der Waals surface area (Å²) in [6.07, 6.45) is 0.692. The normalized spacial score (nSPS) is 14.1. The second-order valence-corrected chi connectivity index (χ2v) is 5.54. The fourth-order valence-corrected chi connectivity index (χ4v) is 2.11. The molecule has 0 aliphatic heterocycles. The van der Waals surface area contributed by atoms with E-state index in [-0.39, 0.29) is 11.6 Å². The van der Waals surface area contributed by atoms with Crippen molar-refractivity contribution in [1.82, 2.24) is 0 Å². The molecule has 0 aliphatic rings. The Kier molecular flexibility index (Phi) is 3.66. The molecule has 1 atom stereocenters. The fourth-order valence-electron chi connectivity index (χ4n) is 1.93. The first-order valence-electron chi connectivity index (χ1n) is 5.91. The maximum absolute atomic E-state index is 6.15. The number of nitrogens with two attached hydrogens (primary N) is 1. The number of ether oxygens (including phenoxy) is 1. The van der Waals surface area contributed by atoms with Crippen LogP contribution < -0.4 is 5.73 Å². The highest BCUT2D eigenvalue weighted by Gasteiger charge is 2.23. The summed E-state index contributed by atoms with van der Waals surface area (Å²) in [5.41, 5.74) is 6.69. The number of hydrogen-bond acceptors (Lipinski definition) is 3. The molecular weight excluding hydrogens is 250 g/mol. The van der Waals surface area contributed by atoms with Crippen LogP contribution in [0.25, 0.3) is 11.0 Å². The Hall–Kier alpha value is -1.03. The van der Waals surface area contributed by atoms with E-state index >= 15 is 0 Å². The van der Waals surface area contributed by atoms with Gasteiger partial charge in [-0.1, -0.05) is 11.6 Å². The van der Waals surface area contributed by atoms with E-state index in [1.165, 1.54) is 0 Å². The van der Waals surface area contributed by atoms with Gasteiger partial charge < -0.3 is 14.9 Å². The van der Waals surface area contributed by atoms with E-state index < -0.39 is 0 Å². The topological polar surface area (TPSA) is 48.4 Å². The van der Waals surface area contributed by atoms with Crippen LogP contribution in [-0.4, -0.2) is 12.7 Å². The summed E-state index contributed by atoms with van der Waals surface area (Å²) >= 11 is 5.94. The standard InChI is InChI=1S/C14H18ClNO2/c1-14(2,17-3)8-11(16)13-7-9-6-10(15)4-5-12(9)18-13/h4-7,11H,8,16H2,1-3H3. The Morgan fingerprint density at radius 3 is 2.78 bits per heavy atom. The fraction of sp³-hybridized carbons (Fsp3) is 0.429. The van der Waals surface area contributed by atoms with E-state index in [0.29, 0.717) is 11.4 Å². The molecule has 2 N–H and O–H groups in total. The van der Waals surface area contributed by atoms with Crippen molar-refractivity contribution < 1.29 is 9.15 Å². The van der Waals surface area contributed by atoms with E-state index in [9.17, 15) is 0 Å². The maximum Gasteiger partial charge on any atom is 0.134 e. The Balaban J connectivity index is 2.25. The lowest BCUT2D eigenvalue weighted by Gasteiger charge is -2.25. The van der Waals surface area contributed by atoms with Crippen molar-refractivity contribution in [3.8, 4) is 0 Å². The van der Waals surface area contributed by atoms with Crippen LogP contribution in [0.15, 0.2) is 28.7 Å². The highest BCUT2D eigenvalue weighted by atomic mass is 35.5. The van der Waals surface area contributed by atoms with Crippen LogP contribution in [0.1, 0.15) is 32.1 Å². The molecule has 0 saturated carbocycles. The number of fused-ring (bicyclic) bond motifs is 1. The van der Waals surface area contributed by atoms with Crippen molar-refractivity contribution in [2.45, 2.75) is 31.9 Å². The van der Waals surface area contributed by atoms with Crippen molar-refractivity contribution in [3.63, 3.8) is 0 Å². The smallest absolute Gasteiger partial charge is 0.134 e. The number of halogens is 1. The molecule has 0 aliphatic carbocycles. The molecule has 98 valence electrons. The van der Waals surface area contributed by atoms with Crippen LogP contribution in [0.3, 0.4) is 0 Å². The third-order valence-electron chi connectivity index (χ3n) is 3.13. The number of hydrogen-bond donors (Lipinski definition) is 1. The van der Waals surface area contributed by atoms with Gasteiger partial charge in [-0.25, -0.2) is 0 Å². The number of benzene rings is 1. The summed E-state index contributed by atoms with van der Waals surface area (Å²) in [5.74, 6) is 0.761. The van der Waals surface area contributed by atoms with E-state index in [1.54, 1.807) is 7.11 Å². The van der Waals surface area contributed by atoms with Crippen molar-refractivity contribution >= 4 is 22.6 Å². The quantitative estimate of drug-likeness (QED) is 0.914. The third-order valence-corrected chi connectivity index (χ3v) is 3.36. The zero-order valence-corrected chi connectivity index (χ0v) is 11.6. The van der Waals surface area contributed by atoms with E-state index in [0.717, 1.165) is 16.7 Å². The molecule has 0 radical (unpaired) electrons.